The average Bonchev–Trinajstić information content (AvgIpc) is 2.62. The van der Waals surface area contributed by atoms with Crippen LogP contribution in [0.25, 0.3) is 0 Å². The summed E-state index contributed by atoms with van der Waals surface area (Å²) in [7, 11) is -1.67. The first kappa shape index (κ1) is 27.4. The van der Waals surface area contributed by atoms with Crippen LogP contribution in [0, 0.1) is 23.8 Å². The van der Waals surface area contributed by atoms with Crippen LogP contribution in [0.5, 0.6) is 0 Å². The molecule has 1 heterocycles. The molecule has 0 amide bonds. The molecule has 0 aromatic rings. The van der Waals surface area contributed by atoms with Gasteiger partial charge in [0.05, 0.1) is 0 Å². The Kier molecular flexibility index (Phi) is 11.0. The Morgan fingerprint density at radius 1 is 1.06 bits per heavy atom. The number of hydrogen-bond acceptors (Lipinski definition) is 8. The molecule has 0 aromatic heterocycles. The molecular weight excluding hydrogens is 535 g/mol. The van der Waals surface area contributed by atoms with Crippen molar-refractivity contribution in [2.45, 2.75) is 81.5 Å². The number of carbonyl (C=O) groups is 3. The molecule has 1 saturated heterocycles. The SMILES string of the molecule is C#CC[C@@H](C#C[Si](C)(C)C)O[C@H]1O[C@H](COC(C)=O)[C@@H](OC(C)=O)[C@H](OC(C)=O)[C@@H]1I. The third-order valence-corrected chi connectivity index (χ3v) is 6.03. The van der Waals surface area contributed by atoms with Gasteiger partial charge in [-0.2, -0.15) is 0 Å². The fourth-order valence-corrected chi connectivity index (χ4v) is 4.16. The lowest BCUT2D eigenvalue weighted by molar-refractivity contribution is -0.265. The summed E-state index contributed by atoms with van der Waals surface area (Å²) < 4.78 is 27.4. The Bertz CT molecular complexity index is 760. The van der Waals surface area contributed by atoms with Crippen LogP contribution in [0.2, 0.25) is 19.6 Å². The van der Waals surface area contributed by atoms with Crippen LogP contribution < -0.4 is 0 Å². The van der Waals surface area contributed by atoms with Crippen molar-refractivity contribution in [2.24, 2.45) is 0 Å². The molecule has 0 saturated carbocycles. The van der Waals surface area contributed by atoms with Crippen LogP contribution in [0.3, 0.4) is 0 Å². The number of hydrogen-bond donors (Lipinski definition) is 0. The fraction of sp³-hybridized carbons (Fsp3) is 0.667. The van der Waals surface area contributed by atoms with E-state index in [4.69, 9.17) is 30.1 Å². The molecule has 0 radical (unpaired) electrons. The van der Waals surface area contributed by atoms with Crippen molar-refractivity contribution in [3.63, 3.8) is 0 Å². The summed E-state index contributed by atoms with van der Waals surface area (Å²) in [4.78, 5) is 34.7. The first-order valence-electron chi connectivity index (χ1n) is 9.73. The maximum atomic E-state index is 11.7. The van der Waals surface area contributed by atoms with Crippen molar-refractivity contribution < 1.29 is 38.1 Å². The van der Waals surface area contributed by atoms with E-state index in [9.17, 15) is 14.4 Å². The lowest BCUT2D eigenvalue weighted by Crippen LogP contribution is -2.60. The first-order valence-corrected chi connectivity index (χ1v) is 14.5. The smallest absolute Gasteiger partial charge is 0.303 e. The summed E-state index contributed by atoms with van der Waals surface area (Å²) in [6.07, 6.45) is 1.43. The fourth-order valence-electron chi connectivity index (χ4n) is 2.67. The van der Waals surface area contributed by atoms with Gasteiger partial charge in [0.25, 0.3) is 0 Å². The van der Waals surface area contributed by atoms with Crippen molar-refractivity contribution in [1.29, 1.82) is 0 Å². The van der Waals surface area contributed by atoms with Crippen LogP contribution in [-0.2, 0) is 38.1 Å². The van der Waals surface area contributed by atoms with Gasteiger partial charge in [-0.05, 0) is 0 Å². The minimum absolute atomic E-state index is 0.214. The third kappa shape index (κ3) is 10.0. The van der Waals surface area contributed by atoms with E-state index in [1.165, 1.54) is 20.8 Å². The molecule has 172 valence electrons. The van der Waals surface area contributed by atoms with Crippen molar-refractivity contribution in [2.75, 3.05) is 6.61 Å². The lowest BCUT2D eigenvalue weighted by atomic mass is 10.0. The molecule has 10 heteroatoms. The number of rotatable bonds is 7. The Labute approximate surface area is 198 Å². The van der Waals surface area contributed by atoms with Crippen molar-refractivity contribution in [3.05, 3.63) is 0 Å². The molecule has 6 atom stereocenters. The number of ether oxygens (including phenoxy) is 5. The third-order valence-electron chi connectivity index (χ3n) is 3.84. The van der Waals surface area contributed by atoms with Gasteiger partial charge in [-0.15, -0.1) is 17.9 Å². The van der Waals surface area contributed by atoms with E-state index < -0.39 is 60.6 Å². The maximum Gasteiger partial charge on any atom is 0.303 e. The highest BCUT2D eigenvalue weighted by molar-refractivity contribution is 14.1. The summed E-state index contributed by atoms with van der Waals surface area (Å²) in [6, 6.07) is 0. The van der Waals surface area contributed by atoms with Gasteiger partial charge < -0.3 is 23.7 Å². The normalized spacial score (nSPS) is 26.5. The minimum Gasteiger partial charge on any atom is -0.463 e. The highest BCUT2D eigenvalue weighted by Gasteiger charge is 2.50. The summed E-state index contributed by atoms with van der Waals surface area (Å²) in [6.45, 7) is 9.81. The highest BCUT2D eigenvalue weighted by Crippen LogP contribution is 2.33. The van der Waals surface area contributed by atoms with E-state index in [2.05, 4.69) is 37.0 Å². The van der Waals surface area contributed by atoms with Crippen molar-refractivity contribution >= 4 is 48.6 Å². The predicted molar refractivity (Wildman–Crippen MR) is 124 cm³/mol. The number of terminal acetylenes is 1. The van der Waals surface area contributed by atoms with Gasteiger partial charge in [0.15, 0.2) is 18.5 Å². The molecule has 0 bridgehead atoms. The Hall–Kier alpha value is -1.60. The largest absolute Gasteiger partial charge is 0.463 e. The van der Waals surface area contributed by atoms with Gasteiger partial charge in [-0.3, -0.25) is 14.4 Å². The summed E-state index contributed by atoms with van der Waals surface area (Å²) in [5.74, 6) is 3.94. The zero-order chi connectivity index (χ0) is 23.8. The topological polar surface area (TPSA) is 97.4 Å². The predicted octanol–water partition coefficient (Wildman–Crippen LogP) is 2.23. The molecule has 1 rings (SSSR count). The van der Waals surface area contributed by atoms with Crippen LogP contribution in [0.4, 0.5) is 0 Å². The second-order valence-corrected chi connectivity index (χ2v) is 14.2. The van der Waals surface area contributed by atoms with E-state index in [0.717, 1.165) is 0 Å². The molecule has 1 aliphatic rings. The zero-order valence-corrected chi connectivity index (χ0v) is 21.8. The van der Waals surface area contributed by atoms with Gasteiger partial charge >= 0.3 is 17.9 Å². The highest BCUT2D eigenvalue weighted by atomic mass is 127. The molecule has 0 N–H and O–H groups in total. The van der Waals surface area contributed by atoms with E-state index in [1.54, 1.807) is 0 Å². The van der Waals surface area contributed by atoms with Gasteiger partial charge in [0.2, 0.25) is 0 Å². The Morgan fingerprint density at radius 2 is 1.65 bits per heavy atom. The number of halogens is 1. The van der Waals surface area contributed by atoms with Gasteiger partial charge in [-0.1, -0.05) is 48.2 Å². The summed E-state index contributed by atoms with van der Waals surface area (Å²) in [5, 5.41) is 0. The zero-order valence-electron chi connectivity index (χ0n) is 18.6. The molecular formula is C21H29IO8Si. The molecule has 31 heavy (non-hydrogen) atoms. The molecule has 1 aliphatic heterocycles. The summed E-state index contributed by atoms with van der Waals surface area (Å²) >= 11 is 2.02. The van der Waals surface area contributed by atoms with Gasteiger partial charge in [-0.25, -0.2) is 0 Å². The van der Waals surface area contributed by atoms with Crippen LogP contribution >= 0.6 is 22.6 Å². The van der Waals surface area contributed by atoms with Gasteiger partial charge in [0, 0.05) is 27.2 Å². The van der Waals surface area contributed by atoms with Crippen molar-refractivity contribution in [3.8, 4) is 23.8 Å². The maximum absolute atomic E-state index is 11.7. The molecule has 0 spiro atoms. The van der Waals surface area contributed by atoms with E-state index in [1.807, 2.05) is 22.6 Å². The molecule has 0 unspecified atom stereocenters. The molecule has 8 nitrogen and oxygen atoms in total. The van der Waals surface area contributed by atoms with Gasteiger partial charge in [0.1, 0.15) is 30.8 Å². The number of alkyl halides is 1. The number of esters is 3. The molecule has 1 fully saturated rings. The van der Waals surface area contributed by atoms with E-state index >= 15 is 0 Å². The Balaban J connectivity index is 3.22. The second-order valence-electron chi connectivity index (χ2n) is 7.99. The van der Waals surface area contributed by atoms with Crippen LogP contribution in [-0.4, -0.2) is 67.2 Å². The van der Waals surface area contributed by atoms with Crippen LogP contribution in [0.1, 0.15) is 27.2 Å². The van der Waals surface area contributed by atoms with Crippen molar-refractivity contribution in [1.82, 2.24) is 0 Å². The number of carbonyl (C=O) groups excluding carboxylic acids is 3. The summed E-state index contributed by atoms with van der Waals surface area (Å²) in [5.41, 5.74) is 3.23. The molecule has 0 aliphatic carbocycles. The standard InChI is InChI=1S/C21H29IO8Si/c1-8-9-16(10-11-31(5,6)7)29-21-18(22)20(28-15(4)25)19(27-14(3)24)17(30-21)12-26-13(2)23/h1,16-21H,9,12H2,2-7H3/t16-,17+,18-,19+,20+,21-/m0/s1. The first-order chi connectivity index (χ1) is 14.3. The monoisotopic (exact) mass is 564 g/mol. The average molecular weight is 564 g/mol. The Morgan fingerprint density at radius 3 is 2.13 bits per heavy atom. The van der Waals surface area contributed by atoms with E-state index in [0.29, 0.717) is 0 Å². The lowest BCUT2D eigenvalue weighted by Gasteiger charge is -2.43. The van der Waals surface area contributed by atoms with Crippen LogP contribution in [0.15, 0.2) is 0 Å². The van der Waals surface area contributed by atoms with E-state index in [-0.39, 0.29) is 13.0 Å². The second kappa shape index (κ2) is 12.4. The quantitative estimate of drug-likeness (QED) is 0.116. The minimum atomic E-state index is -1.67. The molecule has 0 aromatic carbocycles.